The van der Waals surface area contributed by atoms with Crippen molar-refractivity contribution in [1.82, 2.24) is 15.2 Å². The number of benzene rings is 1. The molecule has 3 heterocycles. The first-order chi connectivity index (χ1) is 13.7. The van der Waals surface area contributed by atoms with E-state index >= 15 is 0 Å². The summed E-state index contributed by atoms with van der Waals surface area (Å²) in [7, 11) is 0. The van der Waals surface area contributed by atoms with Gasteiger partial charge in [0.25, 0.3) is 0 Å². The van der Waals surface area contributed by atoms with Gasteiger partial charge in [0.15, 0.2) is 0 Å². The predicted molar refractivity (Wildman–Crippen MR) is 109 cm³/mol. The SMILES string of the molecule is CC(C)(C)OC(=O)N1CC2(CNC2)C1c1ccncc1Cc1ccc(F)cc1Cl. The maximum absolute atomic E-state index is 13.4. The van der Waals surface area contributed by atoms with Gasteiger partial charge in [0, 0.05) is 48.9 Å². The molecule has 2 aliphatic heterocycles. The largest absolute Gasteiger partial charge is 0.444 e. The van der Waals surface area contributed by atoms with Crippen LogP contribution in [0.5, 0.6) is 0 Å². The minimum atomic E-state index is -0.551. The lowest BCUT2D eigenvalue weighted by atomic mass is 9.64. The summed E-state index contributed by atoms with van der Waals surface area (Å²) in [4.78, 5) is 18.9. The van der Waals surface area contributed by atoms with Gasteiger partial charge in [0.05, 0.1) is 6.04 Å². The van der Waals surface area contributed by atoms with Crippen LogP contribution in [0.3, 0.4) is 0 Å². The maximum atomic E-state index is 13.4. The molecule has 2 fully saturated rings. The third kappa shape index (κ3) is 3.83. The lowest BCUT2D eigenvalue weighted by Gasteiger charge is -2.62. The Morgan fingerprint density at radius 3 is 2.72 bits per heavy atom. The predicted octanol–water partition coefficient (Wildman–Crippen LogP) is 4.35. The first kappa shape index (κ1) is 20.1. The zero-order chi connectivity index (χ0) is 20.8. The zero-order valence-electron chi connectivity index (χ0n) is 16.8. The number of likely N-dealkylation sites (tertiary alicyclic amines) is 1. The smallest absolute Gasteiger partial charge is 0.410 e. The average Bonchev–Trinajstić information content (AvgIpc) is 2.55. The van der Waals surface area contributed by atoms with Crippen molar-refractivity contribution in [3.63, 3.8) is 0 Å². The van der Waals surface area contributed by atoms with Gasteiger partial charge in [-0.2, -0.15) is 0 Å². The van der Waals surface area contributed by atoms with Crippen LogP contribution in [-0.2, 0) is 11.2 Å². The molecule has 5 nitrogen and oxygen atoms in total. The molecule has 2 saturated heterocycles. The van der Waals surface area contributed by atoms with E-state index in [4.69, 9.17) is 16.3 Å². The number of amides is 1. The second-order valence-electron chi connectivity index (χ2n) is 8.96. The molecule has 1 spiro atoms. The molecule has 0 bridgehead atoms. The van der Waals surface area contributed by atoms with Crippen molar-refractivity contribution in [3.8, 4) is 0 Å². The molecule has 4 rings (SSSR count). The fourth-order valence-electron chi connectivity index (χ4n) is 4.20. The monoisotopic (exact) mass is 417 g/mol. The summed E-state index contributed by atoms with van der Waals surface area (Å²) in [6, 6.07) is 6.30. The lowest BCUT2D eigenvalue weighted by molar-refractivity contribution is -0.108. The van der Waals surface area contributed by atoms with Crippen LogP contribution in [0.2, 0.25) is 5.02 Å². The van der Waals surface area contributed by atoms with Crippen LogP contribution >= 0.6 is 11.6 Å². The molecule has 0 radical (unpaired) electrons. The molecule has 0 saturated carbocycles. The Morgan fingerprint density at radius 1 is 1.34 bits per heavy atom. The van der Waals surface area contributed by atoms with Gasteiger partial charge in [-0.25, -0.2) is 9.18 Å². The van der Waals surface area contributed by atoms with Gasteiger partial charge in [-0.3, -0.25) is 9.88 Å². The summed E-state index contributed by atoms with van der Waals surface area (Å²) in [5, 5.41) is 3.73. The van der Waals surface area contributed by atoms with Crippen molar-refractivity contribution in [2.24, 2.45) is 5.41 Å². The van der Waals surface area contributed by atoms with Gasteiger partial charge in [-0.1, -0.05) is 17.7 Å². The van der Waals surface area contributed by atoms with E-state index in [1.165, 1.54) is 12.1 Å². The van der Waals surface area contributed by atoms with E-state index in [1.54, 1.807) is 23.4 Å². The summed E-state index contributed by atoms with van der Waals surface area (Å²) in [5.74, 6) is -0.361. The first-order valence-corrected chi connectivity index (χ1v) is 10.1. The van der Waals surface area contributed by atoms with Crippen LogP contribution in [0.4, 0.5) is 9.18 Å². The molecule has 1 atom stereocenters. The quantitative estimate of drug-likeness (QED) is 0.806. The molecule has 2 aliphatic rings. The fourth-order valence-corrected chi connectivity index (χ4v) is 4.43. The highest BCUT2D eigenvalue weighted by Crippen LogP contribution is 2.52. The van der Waals surface area contributed by atoms with E-state index < -0.39 is 5.60 Å². The van der Waals surface area contributed by atoms with Crippen LogP contribution in [0.1, 0.15) is 43.5 Å². The number of halogens is 2. The van der Waals surface area contributed by atoms with Crippen molar-refractivity contribution in [1.29, 1.82) is 0 Å². The van der Waals surface area contributed by atoms with Gasteiger partial charge in [-0.15, -0.1) is 0 Å². The number of pyridine rings is 1. The highest BCUT2D eigenvalue weighted by molar-refractivity contribution is 6.31. The highest BCUT2D eigenvalue weighted by atomic mass is 35.5. The zero-order valence-corrected chi connectivity index (χ0v) is 17.6. The van der Waals surface area contributed by atoms with Gasteiger partial charge in [0.1, 0.15) is 11.4 Å². The summed E-state index contributed by atoms with van der Waals surface area (Å²) in [5.41, 5.74) is 2.31. The minimum Gasteiger partial charge on any atom is -0.444 e. The summed E-state index contributed by atoms with van der Waals surface area (Å²) in [6.45, 7) is 7.99. The summed E-state index contributed by atoms with van der Waals surface area (Å²) < 4.78 is 19.1. The van der Waals surface area contributed by atoms with E-state index in [0.29, 0.717) is 18.0 Å². The molecule has 0 aliphatic carbocycles. The van der Waals surface area contributed by atoms with Gasteiger partial charge in [0.2, 0.25) is 0 Å². The maximum Gasteiger partial charge on any atom is 0.410 e. The highest BCUT2D eigenvalue weighted by Gasteiger charge is 2.59. The molecule has 1 unspecified atom stereocenters. The minimum absolute atomic E-state index is 0.0135. The number of hydrogen-bond donors (Lipinski definition) is 1. The van der Waals surface area contributed by atoms with Crippen molar-refractivity contribution in [2.45, 2.75) is 38.8 Å². The second-order valence-corrected chi connectivity index (χ2v) is 9.37. The number of carbonyl (C=O) groups excluding carboxylic acids is 1. The van der Waals surface area contributed by atoms with Gasteiger partial charge >= 0.3 is 6.09 Å². The van der Waals surface area contributed by atoms with Crippen molar-refractivity contribution in [3.05, 3.63) is 64.2 Å². The van der Waals surface area contributed by atoms with Crippen LogP contribution < -0.4 is 5.32 Å². The van der Waals surface area contributed by atoms with Crippen molar-refractivity contribution in [2.75, 3.05) is 19.6 Å². The number of hydrogen-bond acceptors (Lipinski definition) is 4. The van der Waals surface area contributed by atoms with E-state index in [0.717, 1.165) is 29.8 Å². The van der Waals surface area contributed by atoms with Gasteiger partial charge < -0.3 is 10.1 Å². The molecular weight excluding hydrogens is 393 g/mol. The van der Waals surface area contributed by atoms with E-state index in [9.17, 15) is 9.18 Å². The Bertz CT molecular complexity index is 940. The van der Waals surface area contributed by atoms with Crippen molar-refractivity contribution < 1.29 is 13.9 Å². The van der Waals surface area contributed by atoms with Crippen LogP contribution in [0.25, 0.3) is 0 Å². The lowest BCUT2D eigenvalue weighted by Crippen LogP contribution is -2.73. The molecular formula is C22H25ClFN3O2. The Kier molecular flexibility index (Phi) is 5.03. The number of ether oxygens (including phenoxy) is 1. The Labute approximate surface area is 175 Å². The van der Waals surface area contributed by atoms with Crippen LogP contribution in [0.15, 0.2) is 36.7 Å². The molecule has 154 valence electrons. The molecule has 1 N–H and O–H groups in total. The Morgan fingerprint density at radius 2 is 2.10 bits per heavy atom. The van der Waals surface area contributed by atoms with E-state index in [1.807, 2.05) is 26.8 Å². The Hall–Kier alpha value is -2.18. The molecule has 1 aromatic heterocycles. The normalized spacial score (nSPS) is 20.2. The van der Waals surface area contributed by atoms with Crippen LogP contribution in [0, 0.1) is 11.2 Å². The average molecular weight is 418 g/mol. The number of nitrogens with zero attached hydrogens (tertiary/aromatic N) is 2. The van der Waals surface area contributed by atoms with Gasteiger partial charge in [-0.05, 0) is 55.7 Å². The van der Waals surface area contributed by atoms with Crippen molar-refractivity contribution >= 4 is 17.7 Å². The van der Waals surface area contributed by atoms with Crippen LogP contribution in [-0.4, -0.2) is 41.2 Å². The molecule has 7 heteroatoms. The third-order valence-electron chi connectivity index (χ3n) is 5.59. The summed E-state index contributed by atoms with van der Waals surface area (Å²) in [6.07, 6.45) is 3.77. The third-order valence-corrected chi connectivity index (χ3v) is 5.94. The fraction of sp³-hybridized carbons (Fsp3) is 0.455. The standard InChI is InChI=1S/C22H25ClFN3O2/c1-21(2,3)29-20(28)27-13-22(11-26-12-22)19(27)17-6-7-25-10-15(17)8-14-4-5-16(24)9-18(14)23/h4-7,9-10,19,26H,8,11-13H2,1-3H3. The number of carbonyl (C=O) groups is 1. The van der Waals surface area contributed by atoms with E-state index in [-0.39, 0.29) is 23.4 Å². The second kappa shape index (κ2) is 7.26. The van der Waals surface area contributed by atoms with E-state index in [2.05, 4.69) is 10.3 Å². The Balaban J connectivity index is 1.66. The first-order valence-electron chi connectivity index (χ1n) is 9.76. The number of aromatic nitrogens is 1. The molecule has 1 amide bonds. The topological polar surface area (TPSA) is 54.5 Å². The molecule has 29 heavy (non-hydrogen) atoms. The number of nitrogens with one attached hydrogen (secondary N) is 1. The summed E-state index contributed by atoms with van der Waals surface area (Å²) >= 11 is 6.25. The molecule has 2 aromatic rings. The number of rotatable bonds is 3. The molecule has 1 aromatic carbocycles.